The number of piperidine rings is 1. The van der Waals surface area contributed by atoms with Crippen molar-refractivity contribution >= 4 is 41.0 Å². The van der Waals surface area contributed by atoms with Crippen LogP contribution in [0.5, 0.6) is 0 Å². The number of nitrogens with zero attached hydrogens (tertiary/aromatic N) is 5. The van der Waals surface area contributed by atoms with Crippen molar-refractivity contribution in [3.05, 3.63) is 40.4 Å². The van der Waals surface area contributed by atoms with Gasteiger partial charge in [-0.3, -0.25) is 28.9 Å². The van der Waals surface area contributed by atoms with Crippen LogP contribution in [0.15, 0.2) is 23.8 Å². The zero-order valence-corrected chi connectivity index (χ0v) is 33.2. The maximum Gasteiger partial charge on any atom is 0.308 e. The predicted molar refractivity (Wildman–Crippen MR) is 200 cm³/mol. The minimum atomic E-state index is -0.834. The molecule has 1 saturated carbocycles. The van der Waals surface area contributed by atoms with E-state index in [0.29, 0.717) is 23.2 Å². The Morgan fingerprint density at radius 2 is 1.72 bits per heavy atom. The summed E-state index contributed by atoms with van der Waals surface area (Å²) in [6.07, 6.45) is 8.06. The molecule has 0 spiro atoms. The van der Waals surface area contributed by atoms with Gasteiger partial charge in [-0.05, 0) is 69.5 Å². The van der Waals surface area contributed by atoms with Gasteiger partial charge in [0.2, 0.25) is 11.8 Å². The van der Waals surface area contributed by atoms with Gasteiger partial charge in [-0.2, -0.15) is 0 Å². The highest BCUT2D eigenvalue weighted by Gasteiger charge is 2.42. The quantitative estimate of drug-likeness (QED) is 0.211. The van der Waals surface area contributed by atoms with E-state index >= 15 is 0 Å². The van der Waals surface area contributed by atoms with Crippen molar-refractivity contribution in [3.8, 4) is 0 Å². The standard InChI is InChI=1S/C38H57N7O7S/c1-22(2)30(45(7)37(49)33(24(4)26-13-14-26)43-35(48)29-12-9-10-17-44(29)6)20-31(52-25(5)46)36-42-28(21-53-36)34(47)41-27(18-23(3)38(50)51-8)19-32-39-15-11-16-40-32/h11,15-16,21-24,26-27,29-31,33H,9-10,12-14,17-20H2,1-8H3,(H,41,47)(H,43,48)/t23-,24-,27+,29+,30+,31+,33-/m0/s1. The van der Waals surface area contributed by atoms with Crippen LogP contribution in [0.1, 0.15) is 107 Å². The third-order valence-corrected chi connectivity index (χ3v) is 11.5. The van der Waals surface area contributed by atoms with Gasteiger partial charge < -0.3 is 25.0 Å². The maximum absolute atomic E-state index is 14.4. The van der Waals surface area contributed by atoms with Gasteiger partial charge in [0.1, 0.15) is 22.6 Å². The number of hydrogen-bond donors (Lipinski definition) is 2. The van der Waals surface area contributed by atoms with Gasteiger partial charge in [0.05, 0.1) is 19.1 Å². The molecular formula is C38H57N7O7S. The van der Waals surface area contributed by atoms with Crippen molar-refractivity contribution in [1.29, 1.82) is 0 Å². The van der Waals surface area contributed by atoms with E-state index in [1.54, 1.807) is 42.7 Å². The van der Waals surface area contributed by atoms with Crippen LogP contribution in [0.25, 0.3) is 0 Å². The highest BCUT2D eigenvalue weighted by atomic mass is 32.1. The Morgan fingerprint density at radius 3 is 2.32 bits per heavy atom. The lowest BCUT2D eigenvalue weighted by Crippen LogP contribution is -2.58. The lowest BCUT2D eigenvalue weighted by molar-refractivity contribution is -0.149. The van der Waals surface area contributed by atoms with Crippen molar-refractivity contribution in [2.75, 3.05) is 27.7 Å². The van der Waals surface area contributed by atoms with Gasteiger partial charge in [-0.1, -0.05) is 34.1 Å². The van der Waals surface area contributed by atoms with Crippen LogP contribution in [0.2, 0.25) is 0 Å². The molecule has 1 saturated heterocycles. The molecule has 0 bridgehead atoms. The fourth-order valence-electron chi connectivity index (χ4n) is 7.22. The number of thiazole rings is 1. The number of likely N-dealkylation sites (tertiary alicyclic amines) is 1. The number of esters is 2. The average Bonchev–Trinajstić information content (AvgIpc) is 3.86. The second-order valence-electron chi connectivity index (χ2n) is 15.0. The molecule has 3 amide bonds. The SMILES string of the molecule is COC(=O)[C@@H](C)C[C@H](Cc1ncccn1)NC(=O)c1csc([C@@H](C[C@H](C(C)C)N(C)C(=O)[C@@H](NC(=O)[C@H]2CCCCN2C)[C@@H](C)C2CC2)OC(C)=O)n1. The van der Waals surface area contributed by atoms with E-state index in [2.05, 4.69) is 30.5 Å². The highest BCUT2D eigenvalue weighted by molar-refractivity contribution is 7.09. The normalized spacial score (nSPS) is 19.6. The van der Waals surface area contributed by atoms with Crippen LogP contribution in [-0.4, -0.2) is 106 Å². The average molecular weight is 756 g/mol. The molecule has 2 aromatic rings. The van der Waals surface area contributed by atoms with E-state index < -0.39 is 42.0 Å². The molecule has 14 nitrogen and oxygen atoms in total. The first-order valence-electron chi connectivity index (χ1n) is 18.7. The molecule has 0 unspecified atom stereocenters. The largest absolute Gasteiger partial charge is 0.469 e. The number of carbonyl (C=O) groups is 5. The van der Waals surface area contributed by atoms with E-state index in [1.165, 1.54) is 25.4 Å². The van der Waals surface area contributed by atoms with E-state index in [4.69, 9.17) is 9.47 Å². The molecule has 15 heteroatoms. The number of carbonyl (C=O) groups excluding carboxylic acids is 5. The second-order valence-corrected chi connectivity index (χ2v) is 15.9. The number of amides is 3. The second kappa shape index (κ2) is 19.4. The van der Waals surface area contributed by atoms with Crippen molar-refractivity contribution in [2.45, 2.75) is 116 Å². The molecule has 2 fully saturated rings. The molecule has 0 radical (unpaired) electrons. The Morgan fingerprint density at radius 1 is 1.02 bits per heavy atom. The summed E-state index contributed by atoms with van der Waals surface area (Å²) in [5.41, 5.74) is 0.131. The maximum atomic E-state index is 14.4. The molecule has 4 rings (SSSR count). The molecular weight excluding hydrogens is 699 g/mol. The highest BCUT2D eigenvalue weighted by Crippen LogP contribution is 2.39. The number of aromatic nitrogens is 3. The Kier molecular flexibility index (Phi) is 15.3. The van der Waals surface area contributed by atoms with Crippen LogP contribution in [0.3, 0.4) is 0 Å². The molecule has 2 aromatic heterocycles. The minimum Gasteiger partial charge on any atom is -0.469 e. The van der Waals surface area contributed by atoms with Crippen molar-refractivity contribution in [3.63, 3.8) is 0 Å². The number of methoxy groups -OCH3 is 1. The summed E-state index contributed by atoms with van der Waals surface area (Å²) >= 11 is 1.19. The number of rotatable bonds is 18. The van der Waals surface area contributed by atoms with Gasteiger partial charge in [0.25, 0.3) is 5.91 Å². The molecule has 1 aliphatic carbocycles. The van der Waals surface area contributed by atoms with E-state index in [0.717, 1.165) is 38.6 Å². The van der Waals surface area contributed by atoms with E-state index in [9.17, 15) is 24.0 Å². The summed E-state index contributed by atoms with van der Waals surface area (Å²) in [5.74, 6) is -1.35. The summed E-state index contributed by atoms with van der Waals surface area (Å²) in [4.78, 5) is 83.0. The number of nitrogens with one attached hydrogen (secondary N) is 2. The molecule has 292 valence electrons. The molecule has 3 heterocycles. The van der Waals surface area contributed by atoms with Crippen LogP contribution < -0.4 is 10.6 Å². The van der Waals surface area contributed by atoms with Crippen LogP contribution >= 0.6 is 11.3 Å². The summed E-state index contributed by atoms with van der Waals surface area (Å²) in [7, 11) is 5.02. The molecule has 1 aliphatic heterocycles. The Hall–Kier alpha value is -3.98. The van der Waals surface area contributed by atoms with Gasteiger partial charge in [0, 0.05) is 56.7 Å². The molecule has 53 heavy (non-hydrogen) atoms. The smallest absolute Gasteiger partial charge is 0.308 e. The van der Waals surface area contributed by atoms with Gasteiger partial charge in [-0.15, -0.1) is 11.3 Å². The van der Waals surface area contributed by atoms with Crippen molar-refractivity contribution in [2.24, 2.45) is 23.7 Å². The fraction of sp³-hybridized carbons (Fsp3) is 0.684. The van der Waals surface area contributed by atoms with Gasteiger partial charge >= 0.3 is 11.9 Å². The first-order chi connectivity index (χ1) is 25.2. The summed E-state index contributed by atoms with van der Waals surface area (Å²) in [5, 5.41) is 8.15. The van der Waals surface area contributed by atoms with Crippen molar-refractivity contribution < 1.29 is 33.4 Å². The lowest BCUT2D eigenvalue weighted by Gasteiger charge is -2.38. The third kappa shape index (κ3) is 11.8. The van der Waals surface area contributed by atoms with Crippen LogP contribution in [0.4, 0.5) is 0 Å². The molecule has 2 aliphatic rings. The van der Waals surface area contributed by atoms with Crippen LogP contribution in [-0.2, 0) is 35.1 Å². The molecule has 2 N–H and O–H groups in total. The zero-order valence-electron chi connectivity index (χ0n) is 32.4. The Balaban J connectivity index is 1.51. The lowest BCUT2D eigenvalue weighted by atomic mass is 9.91. The first-order valence-corrected chi connectivity index (χ1v) is 19.6. The number of ether oxygens (including phenoxy) is 2. The Bertz CT molecular complexity index is 1550. The first kappa shape index (κ1) is 41.8. The Labute approximate surface area is 317 Å². The van der Waals surface area contributed by atoms with E-state index in [1.807, 2.05) is 27.8 Å². The van der Waals surface area contributed by atoms with Gasteiger partial charge in [0.15, 0.2) is 6.10 Å². The summed E-state index contributed by atoms with van der Waals surface area (Å²) < 4.78 is 10.7. The molecule has 7 atom stereocenters. The van der Waals surface area contributed by atoms with Crippen LogP contribution in [0, 0.1) is 23.7 Å². The third-order valence-electron chi connectivity index (χ3n) is 10.6. The van der Waals surface area contributed by atoms with E-state index in [-0.39, 0.29) is 54.3 Å². The minimum absolute atomic E-state index is 0.0344. The van der Waals surface area contributed by atoms with Gasteiger partial charge in [-0.25, -0.2) is 15.0 Å². The van der Waals surface area contributed by atoms with Crippen molar-refractivity contribution in [1.82, 2.24) is 35.4 Å². The summed E-state index contributed by atoms with van der Waals surface area (Å²) in [6, 6.07) is -0.131. The monoisotopic (exact) mass is 755 g/mol. The zero-order chi connectivity index (χ0) is 38.8. The number of likely N-dealkylation sites (N-methyl/N-ethyl adjacent to an activating group) is 2. The fourth-order valence-corrected chi connectivity index (χ4v) is 8.06. The number of hydrogen-bond acceptors (Lipinski definition) is 12. The topological polar surface area (TPSA) is 173 Å². The summed E-state index contributed by atoms with van der Waals surface area (Å²) in [6.45, 7) is 9.94. The predicted octanol–water partition coefficient (Wildman–Crippen LogP) is 3.97. The molecule has 0 aromatic carbocycles.